The fourth-order valence-electron chi connectivity index (χ4n) is 13.1. The van der Waals surface area contributed by atoms with Crippen molar-refractivity contribution in [3.63, 3.8) is 0 Å². The van der Waals surface area contributed by atoms with Gasteiger partial charge in [0.05, 0.1) is 33.8 Å². The van der Waals surface area contributed by atoms with Gasteiger partial charge in [-0.2, -0.15) is 0 Å². The summed E-state index contributed by atoms with van der Waals surface area (Å²) in [4.78, 5) is 31.3. The summed E-state index contributed by atoms with van der Waals surface area (Å²) in [5, 5.41) is 9.54. The summed E-state index contributed by atoms with van der Waals surface area (Å²) >= 11 is 6.86. The van der Waals surface area contributed by atoms with Crippen LogP contribution in [0.5, 0.6) is 0 Å². The number of hydrogen-bond acceptors (Lipinski definition) is 8. The number of nitrogens with two attached hydrogens (primary N) is 3. The van der Waals surface area contributed by atoms with Gasteiger partial charge in [0.15, 0.2) is 17.4 Å². The normalized spacial score (nSPS) is 12.8. The Labute approximate surface area is 672 Å². The lowest BCUT2D eigenvalue weighted by Gasteiger charge is -2.24. The Morgan fingerprint density at radius 1 is 0.396 bits per heavy atom. The molecule has 14 heteroatoms. The van der Waals surface area contributed by atoms with E-state index in [1.165, 1.54) is 56.9 Å². The number of amidine groups is 1. The third kappa shape index (κ3) is 21.2. The summed E-state index contributed by atoms with van der Waals surface area (Å²) in [6, 6.07) is 123. The standard InChI is InChI=1S/C34H23N3.C22H15BrN2.C15H11BrO.C13H10.C7H8N2.C6H14N2.ClH.FH.H2/c1-3-11-24(12-4-1)30-23-31(36-34(35-30)26-13-5-2-6-14-26)25-19-21-27(22-20-25)37-32-17-9-7-15-28(32)29-16-8-10-18-33(29)37;23-19-13-11-17(12-14-19)21-15-20(16-7-3-1-4-8-16)24-22(25-21)18-9-5-2-6-10-18;16-14-9-6-12(7-10-14)8-11-15(17)13-4-2-1-3-5-13;1-3-7-12-10(5-1)9-11-6-2-4-8-13(11)12;8-7(9)6-4-2-1-3-5-6;7-5-3-1-2-4-6(5)8;;;/h1-23H;1-15H;1-11H;1-8H,9H2;1-5H,(H3,8,9);5-6H,1-4,7-8H2;3*1H/b;;11-8+;;;;;;/t;;;;;5-,6-;;;/m.....1.../s1. The van der Waals surface area contributed by atoms with Crippen LogP contribution in [0.3, 0.4) is 0 Å². The zero-order valence-electron chi connectivity index (χ0n) is 60.9. The van der Waals surface area contributed by atoms with Crippen molar-refractivity contribution in [2.45, 2.75) is 44.2 Å². The molecule has 2 aliphatic carbocycles. The Morgan fingerprint density at radius 3 is 1.11 bits per heavy atom. The molecule has 18 rings (SSSR count). The van der Waals surface area contributed by atoms with E-state index in [0.717, 1.165) is 113 Å². The molecule has 3 heterocycles. The van der Waals surface area contributed by atoms with E-state index in [0.29, 0.717) is 5.56 Å². The summed E-state index contributed by atoms with van der Waals surface area (Å²) in [6.07, 6.45) is 9.32. The van der Waals surface area contributed by atoms with Crippen molar-refractivity contribution in [2.75, 3.05) is 0 Å². The average molecular weight is 1610 g/mol. The minimum Gasteiger partial charge on any atom is -0.384 e. The van der Waals surface area contributed by atoms with Gasteiger partial charge in [-0.05, 0) is 114 Å². The Balaban J connectivity index is 0.000000154. The third-order valence-corrected chi connectivity index (χ3v) is 19.9. The molecule has 0 bridgehead atoms. The van der Waals surface area contributed by atoms with E-state index in [2.05, 4.69) is 212 Å². The van der Waals surface area contributed by atoms with E-state index in [4.69, 9.17) is 42.5 Å². The molecule has 10 nitrogen and oxygen atoms in total. The van der Waals surface area contributed by atoms with Crippen molar-refractivity contribution in [2.24, 2.45) is 17.2 Å². The van der Waals surface area contributed by atoms with Crippen LogP contribution in [0.25, 0.3) is 113 Å². The highest BCUT2D eigenvalue weighted by Gasteiger charge is 2.19. The SMILES string of the molecule is Brc1ccc(-c2cc(-c3ccccc3)nc(-c3ccccc3)n2)cc1.Cl.F.N=C(N)c1ccccc1.N[C@@H]1CCCC[C@H]1N.O=C(/C=C/c1ccc(Br)cc1)c1ccccc1.[HH].c1ccc(-c2cc(-c3ccc(-n4c5ccccc5c5ccccc54)cc3)nc(-c3ccccc3)n2)cc1.c1ccc2c(c1)Cc1ccccc1-2. The van der Waals surface area contributed by atoms with Gasteiger partial charge in [-0.25, -0.2) is 19.9 Å². The summed E-state index contributed by atoms with van der Waals surface area (Å²) in [6.45, 7) is 0. The van der Waals surface area contributed by atoms with Crippen LogP contribution in [0.2, 0.25) is 0 Å². The summed E-state index contributed by atoms with van der Waals surface area (Å²) in [5.41, 5.74) is 38.2. The molecule has 0 aliphatic heterocycles. The average Bonchev–Trinajstić information content (AvgIpc) is 1.59. The summed E-state index contributed by atoms with van der Waals surface area (Å²) in [7, 11) is 0. The van der Waals surface area contributed by atoms with Crippen molar-refractivity contribution in [1.29, 1.82) is 5.41 Å². The first-order chi connectivity index (χ1) is 53.5. The minimum absolute atomic E-state index is 0. The molecule has 111 heavy (non-hydrogen) atoms. The third-order valence-electron chi connectivity index (χ3n) is 18.8. The quantitative estimate of drug-likeness (QED) is 0.0428. The van der Waals surface area contributed by atoms with Gasteiger partial charge in [-0.15, -0.1) is 12.4 Å². The van der Waals surface area contributed by atoms with Gasteiger partial charge in [0, 0.05) is 83.4 Å². The monoisotopic (exact) mass is 1600 g/mol. The van der Waals surface area contributed by atoms with E-state index in [9.17, 15) is 4.79 Å². The predicted octanol–water partition coefficient (Wildman–Crippen LogP) is 24.4. The molecular weight excluding hydrogens is 1520 g/mol. The van der Waals surface area contributed by atoms with Crippen LogP contribution < -0.4 is 17.2 Å². The number of nitrogen functional groups attached to an aromatic ring is 1. The first kappa shape index (κ1) is 79.8. The topological polar surface area (TPSA) is 175 Å². The number of hydrogen-bond donors (Lipinski definition) is 4. The van der Waals surface area contributed by atoms with E-state index < -0.39 is 0 Å². The molecular formula is C97H85Br2ClFN9O. The number of para-hydroxylation sites is 2. The lowest BCUT2D eigenvalue weighted by Crippen LogP contribution is -2.43. The fraction of sp³-hybridized carbons (Fsp3) is 0.0722. The smallest absolute Gasteiger partial charge is 0.185 e. The number of benzene rings is 13. The molecule has 7 N–H and O–H groups in total. The van der Waals surface area contributed by atoms with Crippen LogP contribution >= 0.6 is 44.3 Å². The van der Waals surface area contributed by atoms with Gasteiger partial charge in [-0.3, -0.25) is 14.9 Å². The van der Waals surface area contributed by atoms with Crippen LogP contribution in [0.1, 0.15) is 59.7 Å². The van der Waals surface area contributed by atoms with E-state index in [1.807, 2.05) is 194 Å². The second-order valence-electron chi connectivity index (χ2n) is 26.3. The first-order valence-corrected chi connectivity index (χ1v) is 38.0. The number of nitrogens with zero attached hydrogens (tertiary/aromatic N) is 5. The molecule has 3 aromatic heterocycles. The number of carbonyl (C=O) groups is 1. The fourth-order valence-corrected chi connectivity index (χ4v) is 13.6. The van der Waals surface area contributed by atoms with Gasteiger partial charge in [0.25, 0.3) is 0 Å². The van der Waals surface area contributed by atoms with E-state index in [1.54, 1.807) is 6.08 Å². The molecule has 0 radical (unpaired) electrons. The highest BCUT2D eigenvalue weighted by molar-refractivity contribution is 9.10. The second-order valence-corrected chi connectivity index (χ2v) is 28.1. The van der Waals surface area contributed by atoms with Crippen molar-refractivity contribution in [1.82, 2.24) is 24.5 Å². The number of halogens is 4. The Hall–Kier alpha value is -12.2. The van der Waals surface area contributed by atoms with Crippen molar-refractivity contribution in [3.8, 4) is 84.6 Å². The number of allylic oxidation sites excluding steroid dienone is 1. The molecule has 0 saturated heterocycles. The molecule has 552 valence electrons. The maximum Gasteiger partial charge on any atom is 0.185 e. The highest BCUT2D eigenvalue weighted by Crippen LogP contribution is 2.37. The number of fused-ring (bicyclic) bond motifs is 6. The molecule has 0 amide bonds. The van der Waals surface area contributed by atoms with Gasteiger partial charge in [0.1, 0.15) is 5.84 Å². The maximum absolute atomic E-state index is 11.8. The Morgan fingerprint density at radius 2 is 0.721 bits per heavy atom. The minimum atomic E-state index is 0. The van der Waals surface area contributed by atoms with Gasteiger partial charge in [0.2, 0.25) is 0 Å². The lowest BCUT2D eigenvalue weighted by atomic mass is 9.92. The zero-order valence-corrected chi connectivity index (χ0v) is 64.9. The number of ketones is 1. The van der Waals surface area contributed by atoms with Gasteiger partial charge in [-0.1, -0.05) is 354 Å². The number of nitrogens with one attached hydrogen (secondary N) is 1. The zero-order chi connectivity index (χ0) is 75.1. The number of rotatable bonds is 11. The molecule has 13 aromatic carbocycles. The molecule has 0 unspecified atom stereocenters. The molecule has 2 atom stereocenters. The molecule has 0 spiro atoms. The van der Waals surface area contributed by atoms with Crippen LogP contribution in [0.15, 0.2) is 379 Å². The van der Waals surface area contributed by atoms with Crippen LogP contribution in [-0.4, -0.2) is 48.2 Å². The number of carbonyl (C=O) groups excluding carboxylic acids is 1. The molecule has 16 aromatic rings. The van der Waals surface area contributed by atoms with Crippen molar-refractivity contribution >= 4 is 83.8 Å². The highest BCUT2D eigenvalue weighted by atomic mass is 79.9. The summed E-state index contributed by atoms with van der Waals surface area (Å²) < 4.78 is 4.42. The Bertz CT molecular complexity index is 5480. The van der Waals surface area contributed by atoms with Gasteiger partial charge < -0.3 is 21.8 Å². The number of aromatic nitrogens is 5. The Kier molecular flexibility index (Phi) is 28.6. The first-order valence-electron chi connectivity index (χ1n) is 36.4. The van der Waals surface area contributed by atoms with Gasteiger partial charge >= 0.3 is 0 Å². The second kappa shape index (κ2) is 39.8. The van der Waals surface area contributed by atoms with E-state index >= 15 is 0 Å². The van der Waals surface area contributed by atoms with Crippen LogP contribution in [0, 0.1) is 5.41 Å². The van der Waals surface area contributed by atoms with E-state index in [-0.39, 0.29) is 42.2 Å². The summed E-state index contributed by atoms with van der Waals surface area (Å²) in [5.74, 6) is 1.60. The van der Waals surface area contributed by atoms with Crippen LogP contribution in [-0.2, 0) is 6.42 Å². The molecule has 2 aliphatic rings. The van der Waals surface area contributed by atoms with Crippen molar-refractivity contribution < 1.29 is 10.9 Å². The molecule has 1 saturated carbocycles. The predicted molar refractivity (Wildman–Crippen MR) is 471 cm³/mol. The van der Waals surface area contributed by atoms with Crippen molar-refractivity contribution in [3.05, 3.63) is 407 Å². The van der Waals surface area contributed by atoms with Crippen LogP contribution in [0.4, 0.5) is 4.70 Å². The lowest BCUT2D eigenvalue weighted by molar-refractivity contribution is 0.104. The maximum atomic E-state index is 11.8. The largest absolute Gasteiger partial charge is 0.384 e. The molecule has 1 fully saturated rings.